The van der Waals surface area contributed by atoms with E-state index in [4.69, 9.17) is 10.00 Å². The van der Waals surface area contributed by atoms with Gasteiger partial charge in [0.25, 0.3) is 0 Å². The van der Waals surface area contributed by atoms with Gasteiger partial charge in [-0.25, -0.2) is 4.79 Å². The minimum absolute atomic E-state index is 0.291. The molecule has 0 fully saturated rings. The van der Waals surface area contributed by atoms with Crippen LogP contribution in [0.4, 0.5) is 0 Å². The number of carbonyl (C=O) groups is 1. The molecule has 3 nitrogen and oxygen atoms in total. The van der Waals surface area contributed by atoms with Crippen molar-refractivity contribution in [3.8, 4) is 6.07 Å². The first-order valence-corrected chi connectivity index (χ1v) is 3.50. The normalized spacial score (nSPS) is 12.1. The molecule has 0 aliphatic carbocycles. The third kappa shape index (κ3) is 3.57. The fourth-order valence-electron chi connectivity index (χ4n) is 0.499. The highest BCUT2D eigenvalue weighted by Gasteiger charge is 2.09. The average Bonchev–Trinajstić information content (AvgIpc) is 2.03. The summed E-state index contributed by atoms with van der Waals surface area (Å²) in [5.41, 5.74) is 0.291. The van der Waals surface area contributed by atoms with Crippen molar-refractivity contribution in [2.75, 3.05) is 0 Å². The van der Waals surface area contributed by atoms with Crippen LogP contribution in [0.5, 0.6) is 0 Å². The van der Waals surface area contributed by atoms with Gasteiger partial charge in [0.1, 0.15) is 6.07 Å². The van der Waals surface area contributed by atoms with Crippen molar-refractivity contribution in [3.63, 3.8) is 0 Å². The van der Waals surface area contributed by atoms with E-state index in [0.29, 0.717) is 5.57 Å². The van der Waals surface area contributed by atoms with Crippen LogP contribution in [0.2, 0.25) is 0 Å². The zero-order valence-electron chi connectivity index (χ0n) is 7.20. The molecular formula is C9H11NO2. The molecule has 0 amide bonds. The lowest BCUT2D eigenvalue weighted by atomic mass is 10.3. The summed E-state index contributed by atoms with van der Waals surface area (Å²) >= 11 is 0. The van der Waals surface area contributed by atoms with E-state index in [1.165, 1.54) is 13.0 Å². The Bertz CT molecular complexity index is 248. The predicted octanol–water partition coefficient (Wildman–Crippen LogP) is 1.57. The first-order valence-electron chi connectivity index (χ1n) is 3.50. The molecule has 64 valence electrons. The summed E-state index contributed by atoms with van der Waals surface area (Å²) in [7, 11) is 0. The van der Waals surface area contributed by atoms with Crippen molar-refractivity contribution in [1.29, 1.82) is 5.26 Å². The van der Waals surface area contributed by atoms with Gasteiger partial charge in [0.05, 0.1) is 0 Å². The minimum Gasteiger partial charge on any atom is -0.439 e. The fraction of sp³-hybridized carbons (Fsp3) is 0.333. The van der Waals surface area contributed by atoms with Crippen molar-refractivity contribution in [1.82, 2.24) is 0 Å². The van der Waals surface area contributed by atoms with Crippen molar-refractivity contribution in [3.05, 3.63) is 24.3 Å². The number of carbonyl (C=O) groups excluding carboxylic acids is 1. The van der Waals surface area contributed by atoms with Crippen molar-refractivity contribution >= 4 is 5.97 Å². The van der Waals surface area contributed by atoms with Crippen LogP contribution in [0.25, 0.3) is 0 Å². The summed E-state index contributed by atoms with van der Waals surface area (Å²) in [6.45, 7) is 6.68. The van der Waals surface area contributed by atoms with Crippen molar-refractivity contribution in [2.24, 2.45) is 0 Å². The number of hydrogen-bond acceptors (Lipinski definition) is 3. The van der Waals surface area contributed by atoms with Gasteiger partial charge in [-0.15, -0.1) is 0 Å². The third-order valence-corrected chi connectivity index (χ3v) is 1.08. The first kappa shape index (κ1) is 10.4. The Morgan fingerprint density at radius 1 is 1.75 bits per heavy atom. The number of nitrogens with zero attached hydrogens (tertiary/aromatic N) is 1. The molecule has 0 saturated heterocycles. The molecular weight excluding hydrogens is 154 g/mol. The Kier molecular flexibility index (Phi) is 4.47. The number of esters is 1. The summed E-state index contributed by atoms with van der Waals surface area (Å²) in [6, 6.07) is 1.82. The maximum Gasteiger partial charge on any atom is 0.334 e. The van der Waals surface area contributed by atoms with Gasteiger partial charge < -0.3 is 4.74 Å². The van der Waals surface area contributed by atoms with Crippen molar-refractivity contribution < 1.29 is 9.53 Å². The largest absolute Gasteiger partial charge is 0.439 e. The molecule has 0 heterocycles. The van der Waals surface area contributed by atoms with Crippen molar-refractivity contribution in [2.45, 2.75) is 20.0 Å². The highest BCUT2D eigenvalue weighted by atomic mass is 16.5. The van der Waals surface area contributed by atoms with Crippen LogP contribution < -0.4 is 0 Å². The highest BCUT2D eigenvalue weighted by Crippen LogP contribution is 1.99. The van der Waals surface area contributed by atoms with E-state index < -0.39 is 12.1 Å². The second-order valence-electron chi connectivity index (χ2n) is 2.26. The van der Waals surface area contributed by atoms with Gasteiger partial charge in [-0.05, 0) is 19.9 Å². The van der Waals surface area contributed by atoms with Gasteiger partial charge >= 0.3 is 5.97 Å². The third-order valence-electron chi connectivity index (χ3n) is 1.08. The Labute approximate surface area is 71.9 Å². The van der Waals surface area contributed by atoms with Crippen LogP contribution in [-0.4, -0.2) is 12.1 Å². The molecule has 0 spiro atoms. The van der Waals surface area contributed by atoms with Crippen LogP contribution in [0.1, 0.15) is 13.8 Å². The van der Waals surface area contributed by atoms with Gasteiger partial charge in [0.15, 0.2) is 0 Å². The minimum atomic E-state index is -0.806. The molecule has 1 unspecified atom stereocenters. The quantitative estimate of drug-likeness (QED) is 0.362. The summed E-state index contributed by atoms with van der Waals surface area (Å²) in [5, 5.41) is 8.48. The molecule has 1 atom stereocenters. The lowest BCUT2D eigenvalue weighted by molar-refractivity contribution is -0.140. The monoisotopic (exact) mass is 165 g/mol. The highest BCUT2D eigenvalue weighted by molar-refractivity contribution is 5.87. The molecule has 0 aromatic carbocycles. The smallest absolute Gasteiger partial charge is 0.334 e. The molecule has 0 aliphatic heterocycles. The Hall–Kier alpha value is -1.56. The van der Waals surface area contributed by atoms with Crippen LogP contribution in [0, 0.1) is 11.3 Å². The Morgan fingerprint density at radius 2 is 2.33 bits per heavy atom. The molecule has 3 heteroatoms. The summed E-state index contributed by atoms with van der Waals surface area (Å²) in [4.78, 5) is 10.9. The van der Waals surface area contributed by atoms with E-state index in [9.17, 15) is 4.79 Å². The first-order chi connectivity index (χ1) is 5.61. The van der Waals surface area contributed by atoms with Crippen LogP contribution >= 0.6 is 0 Å². The Morgan fingerprint density at radius 3 is 2.67 bits per heavy atom. The zero-order valence-corrected chi connectivity index (χ0v) is 7.20. The number of nitriles is 1. The Balaban J connectivity index is 4.15. The molecule has 0 bridgehead atoms. The van der Waals surface area contributed by atoms with Gasteiger partial charge in [0.2, 0.25) is 6.10 Å². The SMILES string of the molecule is C=C(C)C(=O)OC(C#N)/C=C/C. The molecule has 0 N–H and O–H groups in total. The summed E-state index contributed by atoms with van der Waals surface area (Å²) < 4.78 is 4.72. The molecule has 12 heavy (non-hydrogen) atoms. The van der Waals surface area contributed by atoms with E-state index in [1.54, 1.807) is 13.0 Å². The number of hydrogen-bond donors (Lipinski definition) is 0. The van der Waals surface area contributed by atoms with Gasteiger partial charge in [-0.2, -0.15) is 5.26 Å². The molecule has 0 rings (SSSR count). The van der Waals surface area contributed by atoms with E-state index in [1.807, 2.05) is 6.07 Å². The summed E-state index contributed by atoms with van der Waals surface area (Å²) in [6.07, 6.45) is 2.35. The average molecular weight is 165 g/mol. The lowest BCUT2D eigenvalue weighted by Crippen LogP contribution is -2.14. The van der Waals surface area contributed by atoms with Gasteiger partial charge in [-0.3, -0.25) is 0 Å². The molecule has 0 aliphatic rings. The van der Waals surface area contributed by atoms with Crippen LogP contribution in [-0.2, 0) is 9.53 Å². The number of rotatable bonds is 3. The summed E-state index contributed by atoms with van der Waals surface area (Å²) in [5.74, 6) is -0.542. The lowest BCUT2D eigenvalue weighted by Gasteiger charge is -2.05. The van der Waals surface area contributed by atoms with Gasteiger partial charge in [-0.1, -0.05) is 12.7 Å². The second-order valence-corrected chi connectivity index (χ2v) is 2.26. The standard InChI is InChI=1S/C9H11NO2/c1-4-5-8(6-10)12-9(11)7(2)3/h4-5,8H,2H2,1,3H3/b5-4+. The number of ether oxygens (including phenoxy) is 1. The van der Waals surface area contributed by atoms with E-state index in [2.05, 4.69) is 6.58 Å². The van der Waals surface area contributed by atoms with E-state index in [-0.39, 0.29) is 0 Å². The van der Waals surface area contributed by atoms with E-state index in [0.717, 1.165) is 0 Å². The fourth-order valence-corrected chi connectivity index (χ4v) is 0.499. The molecule has 0 radical (unpaired) electrons. The number of allylic oxidation sites excluding steroid dienone is 1. The molecule has 0 aromatic rings. The zero-order chi connectivity index (χ0) is 9.56. The predicted molar refractivity (Wildman–Crippen MR) is 45.1 cm³/mol. The maximum atomic E-state index is 10.9. The second kappa shape index (κ2) is 5.14. The molecule has 0 saturated carbocycles. The van der Waals surface area contributed by atoms with Crippen LogP contribution in [0.3, 0.4) is 0 Å². The molecule has 0 aromatic heterocycles. The van der Waals surface area contributed by atoms with Gasteiger partial charge in [0, 0.05) is 5.57 Å². The topological polar surface area (TPSA) is 50.1 Å². The van der Waals surface area contributed by atoms with E-state index >= 15 is 0 Å². The maximum absolute atomic E-state index is 10.9. The van der Waals surface area contributed by atoms with Crippen LogP contribution in [0.15, 0.2) is 24.3 Å².